The Morgan fingerprint density at radius 3 is 2.50 bits per heavy atom. The Bertz CT molecular complexity index is 637. The van der Waals surface area contributed by atoms with Gasteiger partial charge in [0, 0.05) is 12.4 Å². The molecular formula is C15H17N3O4. The predicted octanol–water partition coefficient (Wildman–Crippen LogP) is 1.39. The molecular weight excluding hydrogens is 286 g/mol. The average molecular weight is 303 g/mol. The molecule has 2 unspecified atom stereocenters. The molecule has 2 N–H and O–H groups in total. The number of aliphatic carboxylic acids is 1. The molecule has 7 heteroatoms. The standard InChI is InChI=1S/C15H17N3O4/c1-10(18-9-3-8-16-18)14(19)17-13(15(20)21)11-4-6-12(22-2)7-5-11/h3-10,13H,1-2H3,(H,17,19)(H,20,21). The van der Waals surface area contributed by atoms with Crippen molar-refractivity contribution >= 4 is 11.9 Å². The van der Waals surface area contributed by atoms with Crippen molar-refractivity contribution in [3.8, 4) is 5.75 Å². The van der Waals surface area contributed by atoms with Crippen LogP contribution >= 0.6 is 0 Å². The first-order valence-electron chi connectivity index (χ1n) is 6.69. The van der Waals surface area contributed by atoms with E-state index in [0.29, 0.717) is 11.3 Å². The lowest BCUT2D eigenvalue weighted by Gasteiger charge is -2.18. The maximum atomic E-state index is 12.2. The molecule has 0 spiro atoms. The van der Waals surface area contributed by atoms with E-state index in [1.807, 2.05) is 0 Å². The molecule has 0 saturated heterocycles. The zero-order valence-corrected chi connectivity index (χ0v) is 12.3. The maximum Gasteiger partial charge on any atom is 0.330 e. The van der Waals surface area contributed by atoms with Gasteiger partial charge < -0.3 is 15.2 Å². The number of aromatic nitrogens is 2. The smallest absolute Gasteiger partial charge is 0.330 e. The lowest BCUT2D eigenvalue weighted by Crippen LogP contribution is -2.37. The van der Waals surface area contributed by atoms with Gasteiger partial charge in [0.2, 0.25) is 5.91 Å². The van der Waals surface area contributed by atoms with Gasteiger partial charge in [0.05, 0.1) is 7.11 Å². The van der Waals surface area contributed by atoms with Crippen LogP contribution in [0.1, 0.15) is 24.6 Å². The third kappa shape index (κ3) is 3.43. The maximum absolute atomic E-state index is 12.2. The van der Waals surface area contributed by atoms with Gasteiger partial charge in [-0.15, -0.1) is 0 Å². The molecule has 7 nitrogen and oxygen atoms in total. The second-order valence-electron chi connectivity index (χ2n) is 4.72. The minimum Gasteiger partial charge on any atom is -0.497 e. The van der Waals surface area contributed by atoms with Crippen molar-refractivity contribution in [1.29, 1.82) is 0 Å². The van der Waals surface area contributed by atoms with E-state index in [1.165, 1.54) is 11.8 Å². The van der Waals surface area contributed by atoms with Gasteiger partial charge in [-0.2, -0.15) is 5.10 Å². The quantitative estimate of drug-likeness (QED) is 0.841. The number of amides is 1. The summed E-state index contributed by atoms with van der Waals surface area (Å²) < 4.78 is 6.49. The van der Waals surface area contributed by atoms with Gasteiger partial charge >= 0.3 is 5.97 Å². The number of carbonyl (C=O) groups excluding carboxylic acids is 1. The average Bonchev–Trinajstić information content (AvgIpc) is 3.05. The van der Waals surface area contributed by atoms with Gasteiger partial charge in [0.1, 0.15) is 11.8 Å². The molecule has 116 valence electrons. The Balaban J connectivity index is 2.14. The fourth-order valence-corrected chi connectivity index (χ4v) is 1.98. The Morgan fingerprint density at radius 1 is 1.32 bits per heavy atom. The fraction of sp³-hybridized carbons (Fsp3) is 0.267. The van der Waals surface area contributed by atoms with Crippen LogP contribution in [0.5, 0.6) is 5.75 Å². The van der Waals surface area contributed by atoms with Crippen LogP contribution in [0.15, 0.2) is 42.7 Å². The highest BCUT2D eigenvalue weighted by Crippen LogP contribution is 2.19. The van der Waals surface area contributed by atoms with Crippen LogP contribution in [0.4, 0.5) is 0 Å². The van der Waals surface area contributed by atoms with E-state index < -0.39 is 24.0 Å². The van der Waals surface area contributed by atoms with Gasteiger partial charge in [-0.25, -0.2) is 4.79 Å². The van der Waals surface area contributed by atoms with Crippen molar-refractivity contribution in [3.05, 3.63) is 48.3 Å². The molecule has 22 heavy (non-hydrogen) atoms. The van der Waals surface area contributed by atoms with E-state index in [0.717, 1.165) is 0 Å². The van der Waals surface area contributed by atoms with Crippen LogP contribution in [-0.2, 0) is 9.59 Å². The van der Waals surface area contributed by atoms with Gasteiger partial charge in [0.25, 0.3) is 0 Å². The van der Waals surface area contributed by atoms with Gasteiger partial charge in [-0.05, 0) is 30.7 Å². The van der Waals surface area contributed by atoms with Crippen molar-refractivity contribution in [2.24, 2.45) is 0 Å². The number of ether oxygens (including phenoxy) is 1. The number of hydrogen-bond acceptors (Lipinski definition) is 4. The third-order valence-electron chi connectivity index (χ3n) is 3.28. The van der Waals surface area contributed by atoms with E-state index in [9.17, 15) is 14.7 Å². The first-order valence-corrected chi connectivity index (χ1v) is 6.69. The molecule has 0 fully saturated rings. The summed E-state index contributed by atoms with van der Waals surface area (Å²) in [5.41, 5.74) is 0.467. The zero-order chi connectivity index (χ0) is 16.1. The summed E-state index contributed by atoms with van der Waals surface area (Å²) in [6, 6.07) is 6.48. The number of nitrogens with one attached hydrogen (secondary N) is 1. The molecule has 0 aliphatic heterocycles. The zero-order valence-electron chi connectivity index (χ0n) is 12.3. The van der Waals surface area contributed by atoms with Crippen LogP contribution in [-0.4, -0.2) is 33.9 Å². The van der Waals surface area contributed by atoms with Gasteiger partial charge in [0.15, 0.2) is 6.04 Å². The highest BCUT2D eigenvalue weighted by Gasteiger charge is 2.25. The molecule has 1 heterocycles. The lowest BCUT2D eigenvalue weighted by molar-refractivity contribution is -0.142. The Morgan fingerprint density at radius 2 is 2.00 bits per heavy atom. The van der Waals surface area contributed by atoms with Crippen molar-refractivity contribution in [2.45, 2.75) is 19.0 Å². The molecule has 0 saturated carbocycles. The molecule has 1 aromatic heterocycles. The normalized spacial score (nSPS) is 13.2. The first-order chi connectivity index (χ1) is 10.5. The summed E-state index contributed by atoms with van der Waals surface area (Å²) in [6.07, 6.45) is 3.20. The van der Waals surface area contributed by atoms with Crippen molar-refractivity contribution in [1.82, 2.24) is 15.1 Å². The highest BCUT2D eigenvalue weighted by atomic mass is 16.5. The minimum atomic E-state index is -1.13. The van der Waals surface area contributed by atoms with E-state index in [4.69, 9.17) is 4.74 Å². The van der Waals surface area contributed by atoms with Crippen LogP contribution in [0.2, 0.25) is 0 Å². The fourth-order valence-electron chi connectivity index (χ4n) is 1.98. The summed E-state index contributed by atoms with van der Waals surface area (Å²) in [6.45, 7) is 1.65. The summed E-state index contributed by atoms with van der Waals surface area (Å²) in [7, 11) is 1.53. The first kappa shape index (κ1) is 15.6. The molecule has 2 atom stereocenters. The number of hydrogen-bond donors (Lipinski definition) is 2. The molecule has 1 aromatic carbocycles. The summed E-state index contributed by atoms with van der Waals surface area (Å²) in [4.78, 5) is 23.6. The van der Waals surface area contributed by atoms with Crippen LogP contribution in [0, 0.1) is 0 Å². The van der Waals surface area contributed by atoms with Crippen LogP contribution in [0.3, 0.4) is 0 Å². The van der Waals surface area contributed by atoms with Gasteiger partial charge in [-0.3, -0.25) is 9.48 Å². The summed E-state index contributed by atoms with van der Waals surface area (Å²) in [5, 5.41) is 15.8. The van der Waals surface area contributed by atoms with Crippen molar-refractivity contribution in [3.63, 3.8) is 0 Å². The van der Waals surface area contributed by atoms with E-state index in [-0.39, 0.29) is 0 Å². The Hall–Kier alpha value is -2.83. The number of methoxy groups -OCH3 is 1. The van der Waals surface area contributed by atoms with Crippen LogP contribution < -0.4 is 10.1 Å². The molecule has 0 aliphatic rings. The Kier molecular flexibility index (Phi) is 4.77. The molecule has 0 bridgehead atoms. The summed E-state index contributed by atoms with van der Waals surface area (Å²) in [5.74, 6) is -0.942. The number of carbonyl (C=O) groups is 2. The molecule has 2 rings (SSSR count). The largest absolute Gasteiger partial charge is 0.497 e. The van der Waals surface area contributed by atoms with Crippen molar-refractivity contribution < 1.29 is 19.4 Å². The second-order valence-corrected chi connectivity index (χ2v) is 4.72. The Labute approximate surface area is 127 Å². The van der Waals surface area contributed by atoms with E-state index >= 15 is 0 Å². The van der Waals surface area contributed by atoms with Crippen LogP contribution in [0.25, 0.3) is 0 Å². The number of rotatable bonds is 6. The number of nitrogens with zero attached hydrogens (tertiary/aromatic N) is 2. The third-order valence-corrected chi connectivity index (χ3v) is 3.28. The summed E-state index contributed by atoms with van der Waals surface area (Å²) >= 11 is 0. The topological polar surface area (TPSA) is 93.5 Å². The van der Waals surface area contributed by atoms with E-state index in [2.05, 4.69) is 10.4 Å². The number of benzene rings is 1. The SMILES string of the molecule is COc1ccc(C(NC(=O)C(C)n2cccn2)C(=O)O)cc1. The number of carboxylic acids is 1. The van der Waals surface area contributed by atoms with Crippen molar-refractivity contribution in [2.75, 3.05) is 7.11 Å². The lowest BCUT2D eigenvalue weighted by atomic mass is 10.1. The monoisotopic (exact) mass is 303 g/mol. The van der Waals surface area contributed by atoms with E-state index in [1.54, 1.807) is 49.6 Å². The molecule has 0 aliphatic carbocycles. The highest BCUT2D eigenvalue weighted by molar-refractivity contribution is 5.86. The second kappa shape index (κ2) is 6.75. The molecule has 1 amide bonds. The molecule has 0 radical (unpaired) electrons. The number of carboxylic acid groups (broad SMARTS) is 1. The predicted molar refractivity (Wildman–Crippen MR) is 78.5 cm³/mol. The minimum absolute atomic E-state index is 0.424. The van der Waals surface area contributed by atoms with Gasteiger partial charge in [-0.1, -0.05) is 12.1 Å². The molecule has 2 aromatic rings.